The molecule has 1 aliphatic rings. The van der Waals surface area contributed by atoms with Crippen molar-refractivity contribution in [3.8, 4) is 0 Å². The summed E-state index contributed by atoms with van der Waals surface area (Å²) in [7, 11) is 0. The van der Waals surface area contributed by atoms with Crippen molar-refractivity contribution in [3.05, 3.63) is 0 Å². The molecule has 2 N–H and O–H groups in total. The Balaban J connectivity index is 2.62. The van der Waals surface area contributed by atoms with Gasteiger partial charge in [0.1, 0.15) is 0 Å². The maximum Gasteiger partial charge on any atom is 0.309 e. The molecule has 0 atom stereocenters. The maximum atomic E-state index is 11.6. The lowest BCUT2D eigenvalue weighted by Crippen LogP contribution is -2.31. The van der Waals surface area contributed by atoms with Gasteiger partial charge in [0, 0.05) is 6.42 Å². The lowest BCUT2D eigenvalue weighted by atomic mass is 9.75. The van der Waals surface area contributed by atoms with E-state index in [2.05, 4.69) is 0 Å². The first-order valence-electron chi connectivity index (χ1n) is 7.02. The van der Waals surface area contributed by atoms with Gasteiger partial charge in [-0.05, 0) is 25.7 Å². The summed E-state index contributed by atoms with van der Waals surface area (Å²) in [6.45, 7) is 0. The van der Waals surface area contributed by atoms with Gasteiger partial charge in [-0.15, -0.1) is 0 Å². The first-order chi connectivity index (χ1) is 8.57. The van der Waals surface area contributed by atoms with Crippen molar-refractivity contribution in [1.29, 1.82) is 0 Å². The Hall–Kier alpha value is -1.06. The van der Waals surface area contributed by atoms with Gasteiger partial charge in [-0.1, -0.05) is 38.5 Å². The van der Waals surface area contributed by atoms with Crippen LogP contribution in [0.1, 0.15) is 70.6 Å². The molecule has 0 spiro atoms. The molecule has 1 aliphatic carbocycles. The summed E-state index contributed by atoms with van der Waals surface area (Å²) in [6.07, 6.45) is 9.01. The van der Waals surface area contributed by atoms with Crippen LogP contribution < -0.4 is 0 Å². The van der Waals surface area contributed by atoms with Crippen molar-refractivity contribution in [2.24, 2.45) is 5.41 Å². The number of hydrogen-bond donors (Lipinski definition) is 2. The summed E-state index contributed by atoms with van der Waals surface area (Å²) >= 11 is 0. The summed E-state index contributed by atoms with van der Waals surface area (Å²) in [5, 5.41) is 18.2. The van der Waals surface area contributed by atoms with Crippen LogP contribution in [0.4, 0.5) is 0 Å². The Bertz CT molecular complexity index is 276. The van der Waals surface area contributed by atoms with E-state index in [4.69, 9.17) is 5.11 Å². The van der Waals surface area contributed by atoms with E-state index in [9.17, 15) is 14.7 Å². The first-order valence-corrected chi connectivity index (χ1v) is 7.02. The van der Waals surface area contributed by atoms with Crippen molar-refractivity contribution in [1.82, 2.24) is 0 Å². The van der Waals surface area contributed by atoms with Crippen LogP contribution in [0, 0.1) is 5.41 Å². The highest BCUT2D eigenvalue weighted by Crippen LogP contribution is 2.38. The smallest absolute Gasteiger partial charge is 0.309 e. The number of carboxylic acid groups (broad SMARTS) is 2. The highest BCUT2D eigenvalue weighted by molar-refractivity contribution is 5.74. The molecular formula is C14H24O4. The third kappa shape index (κ3) is 4.67. The number of hydrogen-bond acceptors (Lipinski definition) is 2. The minimum atomic E-state index is -0.835. The summed E-state index contributed by atoms with van der Waals surface area (Å²) in [5.41, 5.74) is -0.667. The largest absolute Gasteiger partial charge is 0.481 e. The molecule has 4 heteroatoms. The molecule has 0 aromatic carbocycles. The minimum absolute atomic E-state index is 0.0784. The fourth-order valence-corrected chi connectivity index (χ4v) is 2.91. The van der Waals surface area contributed by atoms with Gasteiger partial charge in [-0.25, -0.2) is 0 Å². The monoisotopic (exact) mass is 256 g/mol. The molecule has 0 amide bonds. The second-order valence-electron chi connectivity index (χ2n) is 5.45. The van der Waals surface area contributed by atoms with Crippen molar-refractivity contribution >= 4 is 11.9 Å². The summed E-state index contributed by atoms with van der Waals surface area (Å²) in [6, 6.07) is 0. The van der Waals surface area contributed by atoms with Gasteiger partial charge < -0.3 is 10.2 Å². The normalized spacial score (nSPS) is 20.4. The summed E-state index contributed by atoms with van der Waals surface area (Å²) in [5.74, 6) is -1.56. The second kappa shape index (κ2) is 7.39. The van der Waals surface area contributed by atoms with Crippen molar-refractivity contribution in [2.75, 3.05) is 0 Å². The predicted molar refractivity (Wildman–Crippen MR) is 68.5 cm³/mol. The van der Waals surface area contributed by atoms with E-state index >= 15 is 0 Å². The lowest BCUT2D eigenvalue weighted by molar-refractivity contribution is -0.151. The Morgan fingerprint density at radius 2 is 1.39 bits per heavy atom. The molecule has 0 aliphatic heterocycles. The van der Waals surface area contributed by atoms with E-state index in [1.54, 1.807) is 0 Å². The molecule has 4 nitrogen and oxygen atoms in total. The fourth-order valence-electron chi connectivity index (χ4n) is 2.91. The van der Waals surface area contributed by atoms with E-state index in [-0.39, 0.29) is 6.42 Å². The molecule has 0 unspecified atom stereocenters. The van der Waals surface area contributed by atoms with Crippen molar-refractivity contribution in [3.63, 3.8) is 0 Å². The van der Waals surface area contributed by atoms with Crippen LogP contribution in [0.2, 0.25) is 0 Å². The molecule has 0 aromatic rings. The van der Waals surface area contributed by atoms with Gasteiger partial charge in [0.25, 0.3) is 0 Å². The molecule has 0 radical (unpaired) electrons. The third-order valence-electron chi connectivity index (χ3n) is 4.06. The Morgan fingerprint density at radius 1 is 0.889 bits per heavy atom. The number of carboxylic acids is 2. The molecule has 1 fully saturated rings. The standard InChI is InChI=1S/C14H24O4/c15-12(16)8-7-11-14(13(17)18)9-5-3-1-2-4-6-10-14/h1-11H2,(H,15,16)(H,17,18). The molecule has 0 heterocycles. The highest BCUT2D eigenvalue weighted by Gasteiger charge is 2.37. The third-order valence-corrected chi connectivity index (χ3v) is 4.06. The van der Waals surface area contributed by atoms with E-state index in [0.717, 1.165) is 25.7 Å². The topological polar surface area (TPSA) is 74.6 Å². The van der Waals surface area contributed by atoms with Crippen LogP contribution in [-0.2, 0) is 9.59 Å². The van der Waals surface area contributed by atoms with Crippen molar-refractivity contribution in [2.45, 2.75) is 70.6 Å². The average Bonchev–Trinajstić information content (AvgIpc) is 2.41. The average molecular weight is 256 g/mol. The quantitative estimate of drug-likeness (QED) is 0.790. The van der Waals surface area contributed by atoms with Gasteiger partial charge in [0.05, 0.1) is 5.41 Å². The molecular weight excluding hydrogens is 232 g/mol. The Kier molecular flexibility index (Phi) is 6.16. The first kappa shape index (κ1) is 15.0. The maximum absolute atomic E-state index is 11.6. The van der Waals surface area contributed by atoms with Crippen LogP contribution in [-0.4, -0.2) is 22.2 Å². The fraction of sp³-hybridized carbons (Fsp3) is 0.857. The van der Waals surface area contributed by atoms with Gasteiger partial charge >= 0.3 is 11.9 Å². The lowest BCUT2D eigenvalue weighted by Gasteiger charge is -2.29. The second-order valence-corrected chi connectivity index (χ2v) is 5.45. The molecule has 0 saturated heterocycles. The molecule has 0 aromatic heterocycles. The van der Waals surface area contributed by atoms with Gasteiger partial charge in [-0.3, -0.25) is 9.59 Å². The zero-order valence-corrected chi connectivity index (χ0v) is 11.0. The van der Waals surface area contributed by atoms with Crippen LogP contribution in [0.5, 0.6) is 0 Å². The number of rotatable bonds is 5. The van der Waals surface area contributed by atoms with Gasteiger partial charge in [0.15, 0.2) is 0 Å². The Morgan fingerprint density at radius 3 is 1.83 bits per heavy atom. The molecule has 104 valence electrons. The summed E-state index contributed by atoms with van der Waals surface area (Å²) < 4.78 is 0. The van der Waals surface area contributed by atoms with Crippen LogP contribution in [0.3, 0.4) is 0 Å². The highest BCUT2D eigenvalue weighted by atomic mass is 16.4. The van der Waals surface area contributed by atoms with Gasteiger partial charge in [0.2, 0.25) is 0 Å². The molecule has 0 bridgehead atoms. The van der Waals surface area contributed by atoms with E-state index < -0.39 is 17.4 Å². The minimum Gasteiger partial charge on any atom is -0.481 e. The van der Waals surface area contributed by atoms with E-state index in [1.165, 1.54) is 12.8 Å². The summed E-state index contributed by atoms with van der Waals surface area (Å²) in [4.78, 5) is 22.1. The molecule has 1 rings (SSSR count). The zero-order valence-electron chi connectivity index (χ0n) is 11.0. The Labute approximate surface area is 108 Å². The van der Waals surface area contributed by atoms with E-state index in [0.29, 0.717) is 25.7 Å². The number of carbonyl (C=O) groups is 2. The number of aliphatic carboxylic acids is 2. The van der Waals surface area contributed by atoms with Crippen LogP contribution >= 0.6 is 0 Å². The van der Waals surface area contributed by atoms with Crippen LogP contribution in [0.15, 0.2) is 0 Å². The zero-order chi connectivity index (χ0) is 13.4. The van der Waals surface area contributed by atoms with E-state index in [1.807, 2.05) is 0 Å². The molecule has 18 heavy (non-hydrogen) atoms. The van der Waals surface area contributed by atoms with Crippen molar-refractivity contribution < 1.29 is 19.8 Å². The van der Waals surface area contributed by atoms with Crippen LogP contribution in [0.25, 0.3) is 0 Å². The molecule has 1 saturated carbocycles. The predicted octanol–water partition coefficient (Wildman–Crippen LogP) is 3.45. The van der Waals surface area contributed by atoms with Gasteiger partial charge in [-0.2, -0.15) is 0 Å². The SMILES string of the molecule is O=C(O)CCCC1(C(=O)O)CCCCCCCC1.